The molecule has 0 unspecified atom stereocenters. The first-order valence-corrected chi connectivity index (χ1v) is 5.80. The summed E-state index contributed by atoms with van der Waals surface area (Å²) in [7, 11) is 0. The normalized spacial score (nSPS) is 12.6. The van der Waals surface area contributed by atoms with Crippen molar-refractivity contribution in [2.75, 3.05) is 0 Å². The molecule has 0 aliphatic rings. The summed E-state index contributed by atoms with van der Waals surface area (Å²) in [4.78, 5) is 11.9. The molecule has 0 aliphatic heterocycles. The SMILES string of the molecule is Cc1ccc(C(=O)N[C@H](C)C(C)C)cc1C. The third-order valence-corrected chi connectivity index (χ3v) is 3.13. The van der Waals surface area contributed by atoms with E-state index in [1.54, 1.807) is 0 Å². The Morgan fingerprint density at radius 2 is 1.75 bits per heavy atom. The molecule has 2 nitrogen and oxygen atoms in total. The number of hydrogen-bond acceptors (Lipinski definition) is 1. The van der Waals surface area contributed by atoms with Crippen molar-refractivity contribution in [2.24, 2.45) is 5.92 Å². The average molecular weight is 219 g/mol. The van der Waals surface area contributed by atoms with Gasteiger partial charge in [-0.25, -0.2) is 0 Å². The van der Waals surface area contributed by atoms with Crippen LogP contribution in [0.3, 0.4) is 0 Å². The molecule has 88 valence electrons. The fourth-order valence-corrected chi connectivity index (χ4v) is 1.34. The van der Waals surface area contributed by atoms with Crippen LogP contribution in [0.5, 0.6) is 0 Å². The molecule has 1 atom stereocenters. The van der Waals surface area contributed by atoms with Crippen LogP contribution in [-0.4, -0.2) is 11.9 Å². The standard InChI is InChI=1S/C14H21NO/c1-9(2)12(5)15-14(16)13-7-6-10(3)11(4)8-13/h6-9,12H,1-5H3,(H,15,16)/t12-/m1/s1. The van der Waals surface area contributed by atoms with Gasteiger partial charge in [0.25, 0.3) is 5.91 Å². The van der Waals surface area contributed by atoms with Crippen molar-refractivity contribution in [1.82, 2.24) is 5.32 Å². The van der Waals surface area contributed by atoms with Crippen LogP contribution in [0.1, 0.15) is 42.3 Å². The van der Waals surface area contributed by atoms with Crippen LogP contribution in [0.2, 0.25) is 0 Å². The highest BCUT2D eigenvalue weighted by Gasteiger charge is 2.12. The smallest absolute Gasteiger partial charge is 0.251 e. The molecule has 0 spiro atoms. The van der Waals surface area contributed by atoms with Gasteiger partial charge in [-0.2, -0.15) is 0 Å². The van der Waals surface area contributed by atoms with E-state index < -0.39 is 0 Å². The molecule has 1 N–H and O–H groups in total. The average Bonchev–Trinajstić information content (AvgIpc) is 2.21. The van der Waals surface area contributed by atoms with E-state index in [1.807, 2.05) is 39.0 Å². The summed E-state index contributed by atoms with van der Waals surface area (Å²) in [5.41, 5.74) is 3.12. The van der Waals surface area contributed by atoms with E-state index in [4.69, 9.17) is 0 Å². The summed E-state index contributed by atoms with van der Waals surface area (Å²) in [6.07, 6.45) is 0. The lowest BCUT2D eigenvalue weighted by Crippen LogP contribution is -2.36. The summed E-state index contributed by atoms with van der Waals surface area (Å²) in [6.45, 7) is 10.3. The maximum absolute atomic E-state index is 11.9. The second-order valence-corrected chi connectivity index (χ2v) is 4.81. The zero-order valence-electron chi connectivity index (χ0n) is 10.8. The number of aryl methyl sites for hydroxylation is 2. The van der Waals surface area contributed by atoms with Crippen molar-refractivity contribution in [2.45, 2.75) is 40.7 Å². The molecule has 0 aliphatic carbocycles. The van der Waals surface area contributed by atoms with Gasteiger partial charge in [-0.3, -0.25) is 4.79 Å². The molecular weight excluding hydrogens is 198 g/mol. The van der Waals surface area contributed by atoms with E-state index in [0.717, 1.165) is 11.1 Å². The Balaban J connectivity index is 2.77. The molecule has 1 rings (SSSR count). The first-order chi connectivity index (χ1) is 7.41. The van der Waals surface area contributed by atoms with Crippen molar-refractivity contribution >= 4 is 5.91 Å². The van der Waals surface area contributed by atoms with Gasteiger partial charge < -0.3 is 5.32 Å². The highest BCUT2D eigenvalue weighted by Crippen LogP contribution is 2.10. The number of benzene rings is 1. The first-order valence-electron chi connectivity index (χ1n) is 5.80. The Morgan fingerprint density at radius 3 is 2.25 bits per heavy atom. The van der Waals surface area contributed by atoms with Crippen molar-refractivity contribution in [1.29, 1.82) is 0 Å². The lowest BCUT2D eigenvalue weighted by atomic mass is 10.0. The molecule has 0 fully saturated rings. The first kappa shape index (κ1) is 12.8. The third kappa shape index (κ3) is 3.09. The summed E-state index contributed by atoms with van der Waals surface area (Å²) in [5.74, 6) is 0.472. The lowest BCUT2D eigenvalue weighted by Gasteiger charge is -2.17. The van der Waals surface area contributed by atoms with Gasteiger partial charge in [0.15, 0.2) is 0 Å². The van der Waals surface area contributed by atoms with Gasteiger partial charge in [0.2, 0.25) is 0 Å². The van der Waals surface area contributed by atoms with E-state index in [0.29, 0.717) is 5.92 Å². The van der Waals surface area contributed by atoms with E-state index in [2.05, 4.69) is 19.2 Å². The molecule has 0 heterocycles. The van der Waals surface area contributed by atoms with Gasteiger partial charge in [0.05, 0.1) is 0 Å². The summed E-state index contributed by atoms with van der Waals surface area (Å²) >= 11 is 0. The van der Waals surface area contributed by atoms with E-state index in [-0.39, 0.29) is 11.9 Å². The number of rotatable bonds is 3. The quantitative estimate of drug-likeness (QED) is 0.831. The predicted octanol–water partition coefficient (Wildman–Crippen LogP) is 3.08. The zero-order valence-corrected chi connectivity index (χ0v) is 10.8. The van der Waals surface area contributed by atoms with Gasteiger partial charge in [0.1, 0.15) is 0 Å². The molecule has 0 radical (unpaired) electrons. The van der Waals surface area contributed by atoms with Crippen LogP contribution >= 0.6 is 0 Å². The Kier molecular flexibility index (Phi) is 4.11. The monoisotopic (exact) mass is 219 g/mol. The maximum Gasteiger partial charge on any atom is 0.251 e. The highest BCUT2D eigenvalue weighted by molar-refractivity contribution is 5.94. The molecule has 0 saturated carbocycles. The van der Waals surface area contributed by atoms with Crippen molar-refractivity contribution in [3.8, 4) is 0 Å². The van der Waals surface area contributed by atoms with Crippen LogP contribution in [0, 0.1) is 19.8 Å². The van der Waals surface area contributed by atoms with Crippen LogP contribution in [-0.2, 0) is 0 Å². The molecule has 1 amide bonds. The zero-order chi connectivity index (χ0) is 12.3. The Morgan fingerprint density at radius 1 is 1.12 bits per heavy atom. The molecule has 2 heteroatoms. The number of amides is 1. The summed E-state index contributed by atoms with van der Waals surface area (Å²) in [5, 5.41) is 3.00. The second kappa shape index (κ2) is 5.15. The fraction of sp³-hybridized carbons (Fsp3) is 0.500. The van der Waals surface area contributed by atoms with E-state index in [1.165, 1.54) is 5.56 Å². The number of hydrogen-bond donors (Lipinski definition) is 1. The Bertz CT molecular complexity index is 382. The minimum absolute atomic E-state index is 0.0179. The largest absolute Gasteiger partial charge is 0.349 e. The van der Waals surface area contributed by atoms with Gasteiger partial charge in [-0.15, -0.1) is 0 Å². The topological polar surface area (TPSA) is 29.1 Å². The third-order valence-electron chi connectivity index (χ3n) is 3.13. The molecule has 16 heavy (non-hydrogen) atoms. The van der Waals surface area contributed by atoms with Crippen LogP contribution < -0.4 is 5.32 Å². The minimum atomic E-state index is 0.0179. The highest BCUT2D eigenvalue weighted by atomic mass is 16.1. The minimum Gasteiger partial charge on any atom is -0.349 e. The van der Waals surface area contributed by atoms with Gasteiger partial charge >= 0.3 is 0 Å². The van der Waals surface area contributed by atoms with Crippen LogP contribution in [0.15, 0.2) is 18.2 Å². The van der Waals surface area contributed by atoms with E-state index >= 15 is 0 Å². The number of nitrogens with one attached hydrogen (secondary N) is 1. The van der Waals surface area contributed by atoms with E-state index in [9.17, 15) is 4.79 Å². The molecular formula is C14H21NO. The summed E-state index contributed by atoms with van der Waals surface area (Å²) in [6, 6.07) is 6.02. The van der Waals surface area contributed by atoms with Crippen molar-refractivity contribution < 1.29 is 4.79 Å². The number of carbonyl (C=O) groups excluding carboxylic acids is 1. The molecule has 0 saturated heterocycles. The Labute approximate surface area is 98.1 Å². The molecule has 1 aromatic carbocycles. The molecule has 0 bridgehead atoms. The van der Waals surface area contributed by atoms with Crippen LogP contribution in [0.25, 0.3) is 0 Å². The van der Waals surface area contributed by atoms with Gasteiger partial charge in [0, 0.05) is 11.6 Å². The second-order valence-electron chi connectivity index (χ2n) is 4.81. The molecule has 0 aromatic heterocycles. The maximum atomic E-state index is 11.9. The molecule has 1 aromatic rings. The Hall–Kier alpha value is -1.31. The predicted molar refractivity (Wildman–Crippen MR) is 67.7 cm³/mol. The van der Waals surface area contributed by atoms with Gasteiger partial charge in [-0.05, 0) is 49.9 Å². The fourth-order valence-electron chi connectivity index (χ4n) is 1.34. The van der Waals surface area contributed by atoms with Gasteiger partial charge in [-0.1, -0.05) is 19.9 Å². The lowest BCUT2D eigenvalue weighted by molar-refractivity contribution is 0.0930. The van der Waals surface area contributed by atoms with Crippen LogP contribution in [0.4, 0.5) is 0 Å². The number of carbonyl (C=O) groups is 1. The summed E-state index contributed by atoms with van der Waals surface area (Å²) < 4.78 is 0. The van der Waals surface area contributed by atoms with Crippen molar-refractivity contribution in [3.63, 3.8) is 0 Å². The van der Waals surface area contributed by atoms with Crippen molar-refractivity contribution in [3.05, 3.63) is 34.9 Å².